The normalized spacial score (nSPS) is 14.2. The number of hydrogen-bond acceptors (Lipinski definition) is 10. The van der Waals surface area contributed by atoms with Crippen LogP contribution in [-0.4, -0.2) is 66.5 Å². The average Bonchev–Trinajstić information content (AvgIpc) is 3.41. The van der Waals surface area contributed by atoms with Crippen molar-refractivity contribution in [3.8, 4) is 0 Å². The number of carbonyl (C=O) groups is 3. The summed E-state index contributed by atoms with van der Waals surface area (Å²) in [6, 6.07) is 0. The van der Waals surface area contributed by atoms with Gasteiger partial charge in [-0.1, -0.05) is 245 Å². The number of esters is 3. The number of allylic oxidation sites excluding steroid dienone is 20. The van der Waals surface area contributed by atoms with Gasteiger partial charge in [0.1, 0.15) is 12.7 Å². The van der Waals surface area contributed by atoms with E-state index in [2.05, 4.69) is 118 Å². The standard InChI is InChI=1S/C64H105O11P/c1-4-7-10-13-16-19-22-25-27-29-30-32-34-37-40-43-46-49-52-55-64(68)75-61(57-71-62(66)53-50-47-44-41-38-35-24-21-18-15-12-9-6-3)59-73-76(69,70)72-58-60(56-65)74-63(67)54-51-48-45-42-39-36-33-31-28-26-23-20-17-14-11-8-5-2/h7,9-10,12,16,18-19,21,25,27,30,32,35,37-38,40,44,46-47,49,60-61,65H,4-6,8,11,13-15,17,20,22-24,26,28-29,31,33-34,36,39,41-43,45,48,50-59H2,1-3H3,(H,69,70)/b10-7-,12-9-,19-16-,21-18-,27-25-,32-30-,38-35-,40-37-,47-44-,49-46-. The summed E-state index contributed by atoms with van der Waals surface area (Å²) in [5.41, 5.74) is 0. The highest BCUT2D eigenvalue weighted by Crippen LogP contribution is 2.43. The lowest BCUT2D eigenvalue weighted by molar-refractivity contribution is -0.161. The molecule has 0 heterocycles. The first-order chi connectivity index (χ1) is 37.2. The molecule has 0 aromatic carbocycles. The van der Waals surface area contributed by atoms with Gasteiger partial charge < -0.3 is 24.2 Å². The minimum absolute atomic E-state index is 0.0226. The summed E-state index contributed by atoms with van der Waals surface area (Å²) in [5.74, 6) is -1.67. The Bertz CT molecular complexity index is 1740. The monoisotopic (exact) mass is 1080 g/mol. The van der Waals surface area contributed by atoms with Crippen LogP contribution in [0.25, 0.3) is 0 Å². The second-order valence-corrected chi connectivity index (χ2v) is 20.5. The van der Waals surface area contributed by atoms with Crippen molar-refractivity contribution in [2.45, 2.75) is 238 Å². The minimum atomic E-state index is -4.79. The van der Waals surface area contributed by atoms with Crippen molar-refractivity contribution < 1.29 is 52.2 Å². The second-order valence-electron chi connectivity index (χ2n) is 19.0. The third kappa shape index (κ3) is 54.7. The lowest BCUT2D eigenvalue weighted by Crippen LogP contribution is -2.30. The summed E-state index contributed by atoms with van der Waals surface area (Å²) in [4.78, 5) is 48.5. The van der Waals surface area contributed by atoms with Crippen LogP contribution in [0, 0.1) is 0 Å². The van der Waals surface area contributed by atoms with E-state index in [1.165, 1.54) is 83.5 Å². The minimum Gasteiger partial charge on any atom is -0.462 e. The summed E-state index contributed by atoms with van der Waals surface area (Å²) in [7, 11) is -4.79. The van der Waals surface area contributed by atoms with Gasteiger partial charge in [-0.2, -0.15) is 0 Å². The Labute approximate surface area is 462 Å². The number of hydrogen-bond donors (Lipinski definition) is 2. The fourth-order valence-corrected chi connectivity index (χ4v) is 8.30. The Kier molecular flexibility index (Phi) is 54.0. The first kappa shape index (κ1) is 71.9. The first-order valence-corrected chi connectivity index (χ1v) is 30.9. The van der Waals surface area contributed by atoms with Crippen LogP contribution in [0.15, 0.2) is 122 Å². The van der Waals surface area contributed by atoms with Crippen molar-refractivity contribution in [2.75, 3.05) is 26.4 Å². The predicted octanol–water partition coefficient (Wildman–Crippen LogP) is 17.6. The highest BCUT2D eigenvalue weighted by molar-refractivity contribution is 7.47. The second kappa shape index (κ2) is 57.1. The molecule has 12 heteroatoms. The quantitative estimate of drug-likeness (QED) is 0.0197. The van der Waals surface area contributed by atoms with Gasteiger partial charge in [-0.15, -0.1) is 0 Å². The molecule has 3 atom stereocenters. The van der Waals surface area contributed by atoms with Crippen molar-refractivity contribution in [3.63, 3.8) is 0 Å². The molecule has 0 radical (unpaired) electrons. The molecule has 2 N–H and O–H groups in total. The number of aliphatic hydroxyl groups is 1. The smallest absolute Gasteiger partial charge is 0.462 e. The Hall–Kier alpha value is -4.12. The maximum Gasteiger partial charge on any atom is 0.472 e. The molecule has 76 heavy (non-hydrogen) atoms. The molecule has 0 amide bonds. The number of rotatable bonds is 53. The zero-order valence-corrected chi connectivity index (χ0v) is 48.6. The average molecular weight is 1080 g/mol. The molecule has 432 valence electrons. The van der Waals surface area contributed by atoms with E-state index in [9.17, 15) is 28.9 Å². The van der Waals surface area contributed by atoms with Gasteiger partial charge >= 0.3 is 25.7 Å². The molecule has 0 aliphatic rings. The molecule has 0 fully saturated rings. The molecule has 0 spiro atoms. The van der Waals surface area contributed by atoms with E-state index in [1.807, 2.05) is 24.3 Å². The van der Waals surface area contributed by atoms with Crippen LogP contribution in [0.1, 0.15) is 226 Å². The first-order valence-electron chi connectivity index (χ1n) is 29.4. The molecule has 0 bridgehead atoms. The SMILES string of the molecule is CC/C=C\C/C=C\C/C=C\C/C=C\C/C=C\C/C=C\CCC(=O)OC(COC(=O)CC/C=C\C/C=C\C/C=C\C/C=C\CC)COP(=O)(O)OCC(CO)OC(=O)CCCCCCCCCCCCCCCCCCC. The van der Waals surface area contributed by atoms with Gasteiger partial charge in [-0.25, -0.2) is 4.57 Å². The Morgan fingerprint density at radius 2 is 0.684 bits per heavy atom. The fourth-order valence-electron chi connectivity index (χ4n) is 7.51. The van der Waals surface area contributed by atoms with E-state index < -0.39 is 64.4 Å². The van der Waals surface area contributed by atoms with Gasteiger partial charge in [-0.05, 0) is 83.5 Å². The Morgan fingerprint density at radius 3 is 1.05 bits per heavy atom. The van der Waals surface area contributed by atoms with Crippen LogP contribution in [0.5, 0.6) is 0 Å². The molecule has 0 aromatic heterocycles. The van der Waals surface area contributed by atoms with Crippen molar-refractivity contribution >= 4 is 25.7 Å². The summed E-state index contributed by atoms with van der Waals surface area (Å²) >= 11 is 0. The van der Waals surface area contributed by atoms with E-state index in [0.717, 1.165) is 77.0 Å². The molecule has 0 aromatic rings. The van der Waals surface area contributed by atoms with Gasteiger partial charge in [0, 0.05) is 19.3 Å². The van der Waals surface area contributed by atoms with Crippen molar-refractivity contribution in [2.24, 2.45) is 0 Å². The van der Waals surface area contributed by atoms with Crippen LogP contribution in [0.3, 0.4) is 0 Å². The van der Waals surface area contributed by atoms with Crippen molar-refractivity contribution in [1.29, 1.82) is 0 Å². The molecule has 0 aliphatic carbocycles. The van der Waals surface area contributed by atoms with Crippen molar-refractivity contribution in [3.05, 3.63) is 122 Å². The summed E-state index contributed by atoms with van der Waals surface area (Å²) < 4.78 is 39.4. The highest BCUT2D eigenvalue weighted by atomic mass is 31.2. The third-order valence-electron chi connectivity index (χ3n) is 11.9. The number of carbonyl (C=O) groups excluding carboxylic acids is 3. The van der Waals surface area contributed by atoms with E-state index in [4.69, 9.17) is 23.3 Å². The molecule has 0 saturated carbocycles. The van der Waals surface area contributed by atoms with Crippen LogP contribution in [-0.2, 0) is 42.2 Å². The van der Waals surface area contributed by atoms with Crippen LogP contribution in [0.4, 0.5) is 0 Å². The number of phosphoric ester groups is 1. The predicted molar refractivity (Wildman–Crippen MR) is 316 cm³/mol. The van der Waals surface area contributed by atoms with Crippen molar-refractivity contribution in [1.82, 2.24) is 0 Å². The topological polar surface area (TPSA) is 155 Å². The van der Waals surface area contributed by atoms with E-state index >= 15 is 0 Å². The van der Waals surface area contributed by atoms with E-state index in [0.29, 0.717) is 25.7 Å². The number of aliphatic hydroxyl groups excluding tert-OH is 1. The summed E-state index contributed by atoms with van der Waals surface area (Å²) in [5, 5.41) is 9.83. The lowest BCUT2D eigenvalue weighted by atomic mass is 10.0. The molecule has 0 aliphatic heterocycles. The zero-order valence-electron chi connectivity index (χ0n) is 47.7. The largest absolute Gasteiger partial charge is 0.472 e. The van der Waals surface area contributed by atoms with E-state index in [1.54, 1.807) is 0 Å². The lowest BCUT2D eigenvalue weighted by Gasteiger charge is -2.21. The Balaban J connectivity index is 4.85. The molecule has 0 rings (SSSR count). The maximum atomic E-state index is 12.9. The zero-order chi connectivity index (χ0) is 55.5. The molecule has 0 saturated heterocycles. The Morgan fingerprint density at radius 1 is 0.382 bits per heavy atom. The summed E-state index contributed by atoms with van der Waals surface area (Å²) in [6.07, 6.45) is 70.5. The number of phosphoric acid groups is 1. The van der Waals surface area contributed by atoms with Gasteiger partial charge in [0.15, 0.2) is 6.10 Å². The van der Waals surface area contributed by atoms with Crippen LogP contribution < -0.4 is 0 Å². The van der Waals surface area contributed by atoms with E-state index in [-0.39, 0.29) is 19.3 Å². The molecule has 11 nitrogen and oxygen atoms in total. The van der Waals surface area contributed by atoms with Gasteiger partial charge in [0.2, 0.25) is 0 Å². The highest BCUT2D eigenvalue weighted by Gasteiger charge is 2.28. The number of unbranched alkanes of at least 4 members (excludes halogenated alkanes) is 16. The third-order valence-corrected chi connectivity index (χ3v) is 12.9. The van der Waals surface area contributed by atoms with Crippen LogP contribution >= 0.6 is 7.82 Å². The number of ether oxygens (including phenoxy) is 3. The molecular weight excluding hydrogens is 976 g/mol. The van der Waals surface area contributed by atoms with Gasteiger partial charge in [-0.3, -0.25) is 23.4 Å². The summed E-state index contributed by atoms with van der Waals surface area (Å²) in [6.45, 7) is 4.25. The molecular formula is C64H105O11P. The maximum absolute atomic E-state index is 12.9. The van der Waals surface area contributed by atoms with Gasteiger partial charge in [0.05, 0.1) is 19.8 Å². The van der Waals surface area contributed by atoms with Gasteiger partial charge in [0.25, 0.3) is 0 Å². The fraction of sp³-hybridized carbons (Fsp3) is 0.641. The molecule has 3 unspecified atom stereocenters. The van der Waals surface area contributed by atoms with Crippen LogP contribution in [0.2, 0.25) is 0 Å².